The Kier molecular flexibility index (Phi) is 4.28. The Hall–Kier alpha value is -1.36. The van der Waals surface area contributed by atoms with Crippen LogP contribution in [0, 0.1) is 11.3 Å². The highest BCUT2D eigenvalue weighted by Crippen LogP contribution is 2.22. The summed E-state index contributed by atoms with van der Waals surface area (Å²) in [5.74, 6) is -1.45. The van der Waals surface area contributed by atoms with Crippen LogP contribution >= 0.6 is 0 Å². The molecule has 0 saturated carbocycles. The average molecular weight is 240 g/mol. The lowest BCUT2D eigenvalue weighted by Gasteiger charge is -2.26. The van der Waals surface area contributed by atoms with Crippen LogP contribution in [-0.2, 0) is 9.59 Å². The van der Waals surface area contributed by atoms with Gasteiger partial charge in [-0.3, -0.25) is 9.59 Å². The molecule has 0 radical (unpaired) electrons. The minimum absolute atomic E-state index is 0.108. The van der Waals surface area contributed by atoms with Crippen molar-refractivity contribution in [3.05, 3.63) is 12.2 Å². The Labute approximate surface area is 101 Å². The van der Waals surface area contributed by atoms with Gasteiger partial charge < -0.3 is 16.2 Å². The van der Waals surface area contributed by atoms with E-state index in [4.69, 9.17) is 10.8 Å². The fourth-order valence-electron chi connectivity index (χ4n) is 1.73. The van der Waals surface area contributed by atoms with Crippen molar-refractivity contribution in [1.82, 2.24) is 5.32 Å². The van der Waals surface area contributed by atoms with Gasteiger partial charge in [0.15, 0.2) is 0 Å². The number of rotatable bonds is 5. The number of hydrogen-bond donors (Lipinski definition) is 3. The third kappa shape index (κ3) is 3.06. The normalized spacial score (nSPS) is 26.5. The monoisotopic (exact) mass is 240 g/mol. The van der Waals surface area contributed by atoms with Crippen LogP contribution in [0.25, 0.3) is 0 Å². The fourth-order valence-corrected chi connectivity index (χ4v) is 1.73. The summed E-state index contributed by atoms with van der Waals surface area (Å²) in [4.78, 5) is 22.7. The molecule has 3 unspecified atom stereocenters. The Bertz CT molecular complexity index is 335. The highest BCUT2D eigenvalue weighted by molar-refractivity contribution is 5.83. The predicted molar refractivity (Wildman–Crippen MR) is 64.3 cm³/mol. The average Bonchev–Trinajstić information content (AvgIpc) is 2.76. The molecule has 96 valence electrons. The molecule has 0 fully saturated rings. The van der Waals surface area contributed by atoms with Crippen molar-refractivity contribution in [2.75, 3.05) is 6.54 Å². The number of nitrogens with two attached hydrogens (primary N) is 1. The number of hydrogen-bond acceptors (Lipinski definition) is 3. The summed E-state index contributed by atoms with van der Waals surface area (Å²) in [5, 5.41) is 11.7. The molecule has 0 aromatic heterocycles. The predicted octanol–water partition coefficient (Wildman–Crippen LogP) is 0.507. The van der Waals surface area contributed by atoms with Crippen LogP contribution in [0.4, 0.5) is 0 Å². The van der Waals surface area contributed by atoms with Gasteiger partial charge in [-0.1, -0.05) is 19.1 Å². The zero-order valence-corrected chi connectivity index (χ0v) is 10.3. The van der Waals surface area contributed by atoms with E-state index in [-0.39, 0.29) is 18.5 Å². The lowest BCUT2D eigenvalue weighted by molar-refractivity contribution is -0.140. The molecule has 0 bridgehead atoms. The van der Waals surface area contributed by atoms with Crippen LogP contribution < -0.4 is 11.1 Å². The molecule has 0 spiro atoms. The first kappa shape index (κ1) is 13.7. The van der Waals surface area contributed by atoms with Crippen molar-refractivity contribution in [1.29, 1.82) is 0 Å². The summed E-state index contributed by atoms with van der Waals surface area (Å²) in [7, 11) is 0. The Balaban J connectivity index is 2.55. The van der Waals surface area contributed by atoms with E-state index in [1.54, 1.807) is 12.2 Å². The molecule has 1 amide bonds. The SMILES string of the molecule is CCC(C)(CN)C(=O)NC1C=CC(C(=O)O)C1. The number of amides is 1. The van der Waals surface area contributed by atoms with Crippen LogP contribution in [0.1, 0.15) is 26.7 Å². The largest absolute Gasteiger partial charge is 0.481 e. The van der Waals surface area contributed by atoms with Crippen LogP contribution in [-0.4, -0.2) is 29.6 Å². The van der Waals surface area contributed by atoms with Crippen molar-refractivity contribution in [2.24, 2.45) is 17.1 Å². The Morgan fingerprint density at radius 3 is 2.59 bits per heavy atom. The summed E-state index contributed by atoms with van der Waals surface area (Å²) in [6, 6.07) is -0.193. The third-order valence-corrected chi connectivity index (χ3v) is 3.50. The first-order chi connectivity index (χ1) is 7.92. The van der Waals surface area contributed by atoms with E-state index in [2.05, 4.69) is 5.32 Å². The molecule has 5 nitrogen and oxygen atoms in total. The molecule has 17 heavy (non-hydrogen) atoms. The highest BCUT2D eigenvalue weighted by Gasteiger charge is 2.33. The fraction of sp³-hybridized carbons (Fsp3) is 0.667. The van der Waals surface area contributed by atoms with Gasteiger partial charge in [-0.25, -0.2) is 0 Å². The van der Waals surface area contributed by atoms with E-state index in [9.17, 15) is 9.59 Å². The van der Waals surface area contributed by atoms with Gasteiger partial charge in [0.2, 0.25) is 5.91 Å². The van der Waals surface area contributed by atoms with Crippen LogP contribution in [0.15, 0.2) is 12.2 Å². The zero-order chi connectivity index (χ0) is 13.1. The van der Waals surface area contributed by atoms with Gasteiger partial charge in [0.05, 0.1) is 11.3 Å². The Morgan fingerprint density at radius 1 is 1.53 bits per heavy atom. The molecular weight excluding hydrogens is 220 g/mol. The molecule has 0 aromatic rings. The summed E-state index contributed by atoms with van der Waals surface area (Å²) in [6.07, 6.45) is 4.45. The highest BCUT2D eigenvalue weighted by atomic mass is 16.4. The van der Waals surface area contributed by atoms with Crippen molar-refractivity contribution in [3.8, 4) is 0 Å². The van der Waals surface area contributed by atoms with Crippen molar-refractivity contribution in [3.63, 3.8) is 0 Å². The van der Waals surface area contributed by atoms with Crippen molar-refractivity contribution >= 4 is 11.9 Å². The van der Waals surface area contributed by atoms with E-state index in [0.29, 0.717) is 12.8 Å². The van der Waals surface area contributed by atoms with E-state index in [1.165, 1.54) is 0 Å². The standard InChI is InChI=1S/C12H20N2O3/c1-3-12(2,7-13)11(17)14-9-5-4-8(6-9)10(15)16/h4-5,8-9H,3,6-7,13H2,1-2H3,(H,14,17)(H,15,16). The second-order valence-electron chi connectivity index (χ2n) is 4.76. The van der Waals surface area contributed by atoms with Gasteiger partial charge >= 0.3 is 5.97 Å². The van der Waals surface area contributed by atoms with E-state index in [0.717, 1.165) is 0 Å². The molecular formula is C12H20N2O3. The number of aliphatic carboxylic acids is 1. The summed E-state index contributed by atoms with van der Waals surface area (Å²) in [5.41, 5.74) is 5.02. The molecule has 0 aliphatic heterocycles. The maximum absolute atomic E-state index is 12.0. The second-order valence-corrected chi connectivity index (χ2v) is 4.76. The number of carboxylic acids is 1. The minimum Gasteiger partial charge on any atom is -0.481 e. The zero-order valence-electron chi connectivity index (χ0n) is 10.3. The smallest absolute Gasteiger partial charge is 0.310 e. The van der Waals surface area contributed by atoms with E-state index < -0.39 is 17.3 Å². The molecule has 1 aliphatic rings. The topological polar surface area (TPSA) is 92.4 Å². The molecule has 1 rings (SSSR count). The number of carbonyl (C=O) groups excluding carboxylic acids is 1. The lowest BCUT2D eigenvalue weighted by atomic mass is 9.86. The number of nitrogens with one attached hydrogen (secondary N) is 1. The van der Waals surface area contributed by atoms with Gasteiger partial charge in [0.1, 0.15) is 0 Å². The number of carboxylic acid groups (broad SMARTS) is 1. The maximum Gasteiger partial charge on any atom is 0.310 e. The number of carbonyl (C=O) groups is 2. The van der Waals surface area contributed by atoms with Gasteiger partial charge in [0.25, 0.3) is 0 Å². The van der Waals surface area contributed by atoms with Crippen LogP contribution in [0.3, 0.4) is 0 Å². The maximum atomic E-state index is 12.0. The van der Waals surface area contributed by atoms with Gasteiger partial charge in [-0.15, -0.1) is 0 Å². The molecule has 1 aliphatic carbocycles. The quantitative estimate of drug-likeness (QED) is 0.610. The molecule has 0 heterocycles. The Morgan fingerprint density at radius 2 is 2.18 bits per heavy atom. The molecule has 5 heteroatoms. The van der Waals surface area contributed by atoms with Crippen molar-refractivity contribution < 1.29 is 14.7 Å². The third-order valence-electron chi connectivity index (χ3n) is 3.50. The van der Waals surface area contributed by atoms with E-state index >= 15 is 0 Å². The molecule has 4 N–H and O–H groups in total. The molecule has 0 aromatic carbocycles. The molecule has 3 atom stereocenters. The first-order valence-corrected chi connectivity index (χ1v) is 5.85. The second kappa shape index (κ2) is 5.31. The van der Waals surface area contributed by atoms with Gasteiger partial charge in [-0.2, -0.15) is 0 Å². The van der Waals surface area contributed by atoms with Gasteiger partial charge in [-0.05, 0) is 19.8 Å². The summed E-state index contributed by atoms with van der Waals surface area (Å²) in [6.45, 7) is 4.01. The van der Waals surface area contributed by atoms with Gasteiger partial charge in [0, 0.05) is 12.6 Å². The summed E-state index contributed by atoms with van der Waals surface area (Å²) < 4.78 is 0. The van der Waals surface area contributed by atoms with Crippen molar-refractivity contribution in [2.45, 2.75) is 32.7 Å². The molecule has 0 saturated heterocycles. The summed E-state index contributed by atoms with van der Waals surface area (Å²) >= 11 is 0. The first-order valence-electron chi connectivity index (χ1n) is 5.85. The van der Waals surface area contributed by atoms with Crippen LogP contribution in [0.5, 0.6) is 0 Å². The van der Waals surface area contributed by atoms with E-state index in [1.807, 2.05) is 13.8 Å². The minimum atomic E-state index is -0.852. The van der Waals surface area contributed by atoms with Crippen LogP contribution in [0.2, 0.25) is 0 Å². The lowest BCUT2D eigenvalue weighted by Crippen LogP contribution is -2.46.